The van der Waals surface area contributed by atoms with Crippen LogP contribution in [0.4, 0.5) is 11.4 Å². The van der Waals surface area contributed by atoms with E-state index >= 15 is 0 Å². The molecule has 0 fully saturated rings. The molecule has 2 aliphatic rings. The van der Waals surface area contributed by atoms with Crippen molar-refractivity contribution in [2.45, 2.75) is 72.3 Å². The number of ether oxygens (including phenoxy) is 2. The molecule has 0 radical (unpaired) electrons. The second kappa shape index (κ2) is 19.3. The zero-order valence-corrected chi connectivity index (χ0v) is 41.4. The van der Waals surface area contributed by atoms with Crippen molar-refractivity contribution in [3.63, 3.8) is 0 Å². The van der Waals surface area contributed by atoms with Gasteiger partial charge in [-0.25, -0.2) is 18.2 Å². The number of fused-ring (bicyclic) bond motifs is 2. The van der Waals surface area contributed by atoms with Crippen LogP contribution in [-0.2, 0) is 49.4 Å². The first-order chi connectivity index (χ1) is 30.9. The molecule has 7 rings (SSSR count). The van der Waals surface area contributed by atoms with E-state index in [1.807, 2.05) is 30.3 Å². The van der Waals surface area contributed by atoms with Crippen LogP contribution in [0.15, 0.2) is 115 Å². The lowest BCUT2D eigenvalue weighted by molar-refractivity contribution is 0.00570. The first-order valence-corrected chi connectivity index (χ1v) is 24.5. The third-order valence-electron chi connectivity index (χ3n) is 9.99. The number of carbonyl (C=O) groups is 4. The molecule has 14 nitrogen and oxygen atoms in total. The molecule has 0 saturated carbocycles. The molecule has 0 spiro atoms. The second-order valence-electron chi connectivity index (χ2n) is 17.3. The van der Waals surface area contributed by atoms with E-state index in [1.165, 1.54) is 14.1 Å². The Morgan fingerprint density at radius 1 is 0.576 bits per heavy atom. The molecule has 17 heteroatoms. The zero-order valence-electron chi connectivity index (χ0n) is 37.7. The summed E-state index contributed by atoms with van der Waals surface area (Å²) in [6.45, 7) is 10.4. The molecule has 0 saturated heterocycles. The standard InChI is InChI=1S/C29H28N2O5S.C20H21IN2O5S/c1-29(2,3)36-28(33)24-16-13-23(14-17-24)20-31-27(32)25-19-22(12-8-11-21-9-6-5-7-10-21)15-18-26(25)30(4)37(31,34)35;1-20(2,3)28-19(25)14-7-5-13(6-8-14)12-23-18(24)16-11-15(21)9-10-17(16)22(4)29(23,26)27/h5-7,9-10,13-19H,11,20H2,1-4H3;5-11H,12H2,1-4H3. The minimum absolute atomic E-state index is 0.134. The molecule has 0 N–H and O–H groups in total. The van der Waals surface area contributed by atoms with E-state index in [4.69, 9.17) is 9.47 Å². The average molecular weight is 1040 g/mol. The van der Waals surface area contributed by atoms with Crippen molar-refractivity contribution in [2.24, 2.45) is 0 Å². The molecule has 5 aromatic rings. The van der Waals surface area contributed by atoms with Crippen LogP contribution < -0.4 is 8.61 Å². The molecule has 2 aliphatic heterocycles. The first-order valence-electron chi connectivity index (χ1n) is 20.6. The van der Waals surface area contributed by atoms with Crippen LogP contribution in [0.1, 0.15) is 105 Å². The van der Waals surface area contributed by atoms with E-state index in [0.29, 0.717) is 51.2 Å². The van der Waals surface area contributed by atoms with Crippen molar-refractivity contribution in [3.8, 4) is 11.8 Å². The Hall–Kier alpha value is -6.23. The molecule has 2 heterocycles. The third kappa shape index (κ3) is 11.4. The van der Waals surface area contributed by atoms with Crippen LogP contribution in [0.5, 0.6) is 0 Å². The van der Waals surface area contributed by atoms with Crippen molar-refractivity contribution in [3.05, 3.63) is 163 Å². The Bertz CT molecular complexity index is 2970. The van der Waals surface area contributed by atoms with Gasteiger partial charge in [-0.3, -0.25) is 18.2 Å². The van der Waals surface area contributed by atoms with E-state index in [2.05, 4.69) is 34.4 Å². The van der Waals surface area contributed by atoms with Gasteiger partial charge in [0, 0.05) is 29.6 Å². The van der Waals surface area contributed by atoms with Crippen LogP contribution in [0, 0.1) is 15.4 Å². The molecule has 0 aromatic heterocycles. The molecular weight excluding hydrogens is 996 g/mol. The number of nitrogens with zero attached hydrogens (tertiary/aromatic N) is 4. The van der Waals surface area contributed by atoms with Crippen molar-refractivity contribution in [1.82, 2.24) is 8.61 Å². The number of hydrogen-bond donors (Lipinski definition) is 0. The summed E-state index contributed by atoms with van der Waals surface area (Å²) in [6, 6.07) is 32.5. The third-order valence-corrected chi connectivity index (χ3v) is 14.1. The topological polar surface area (TPSA) is 168 Å². The van der Waals surface area contributed by atoms with E-state index in [-0.39, 0.29) is 18.7 Å². The fourth-order valence-electron chi connectivity index (χ4n) is 6.69. The molecule has 0 unspecified atom stereocenters. The Kier molecular flexibility index (Phi) is 14.4. The second-order valence-corrected chi connectivity index (χ2v) is 22.3. The van der Waals surface area contributed by atoms with E-state index in [0.717, 1.165) is 26.4 Å². The number of hydrogen-bond acceptors (Lipinski definition) is 10. The maximum atomic E-state index is 13.4. The lowest BCUT2D eigenvalue weighted by Crippen LogP contribution is -2.49. The lowest BCUT2D eigenvalue weighted by Gasteiger charge is -2.34. The van der Waals surface area contributed by atoms with Gasteiger partial charge in [0.05, 0.1) is 46.7 Å². The SMILES string of the molecule is CN1c2ccc(C#CCc3ccccc3)cc2C(=O)N(Cc2ccc(C(=O)OC(C)(C)C)cc2)S1(=O)=O.CN1c2ccc(I)cc2C(=O)N(Cc2ccc(C(=O)OC(C)(C)C)cc2)S1(=O)=O. The Balaban J connectivity index is 0.000000225. The summed E-state index contributed by atoms with van der Waals surface area (Å²) in [4.78, 5) is 50.7. The van der Waals surface area contributed by atoms with Crippen molar-refractivity contribution < 1.29 is 45.5 Å². The van der Waals surface area contributed by atoms with Crippen LogP contribution in [0.25, 0.3) is 0 Å². The highest BCUT2D eigenvalue weighted by Crippen LogP contribution is 2.34. The Morgan fingerprint density at radius 2 is 1.00 bits per heavy atom. The molecular formula is C49H49IN4O10S2. The summed E-state index contributed by atoms with van der Waals surface area (Å²) >= 11 is 2.08. The summed E-state index contributed by atoms with van der Waals surface area (Å²) in [7, 11) is -5.25. The zero-order chi connectivity index (χ0) is 48.4. The van der Waals surface area contributed by atoms with Crippen LogP contribution in [0.2, 0.25) is 0 Å². The summed E-state index contributed by atoms with van der Waals surface area (Å²) in [5, 5.41) is 0. The van der Waals surface area contributed by atoms with E-state index in [1.54, 1.807) is 126 Å². The quantitative estimate of drug-likeness (QED) is 0.0882. The summed E-state index contributed by atoms with van der Waals surface area (Å²) in [5.41, 5.74) is 3.54. The van der Waals surface area contributed by atoms with Crippen LogP contribution >= 0.6 is 22.6 Å². The number of benzene rings is 5. The van der Waals surface area contributed by atoms with E-state index < -0.39 is 55.4 Å². The molecule has 344 valence electrons. The molecule has 5 aromatic carbocycles. The van der Waals surface area contributed by atoms with Gasteiger partial charge in [0.25, 0.3) is 11.8 Å². The van der Waals surface area contributed by atoms with Crippen molar-refractivity contribution in [1.29, 1.82) is 0 Å². The van der Waals surface area contributed by atoms with Gasteiger partial charge in [0.2, 0.25) is 0 Å². The molecule has 0 atom stereocenters. The number of esters is 2. The monoisotopic (exact) mass is 1040 g/mol. The number of rotatable bonds is 7. The fraction of sp³-hybridized carbons (Fsp3) is 0.265. The minimum Gasteiger partial charge on any atom is -0.456 e. The smallest absolute Gasteiger partial charge is 0.338 e. The summed E-state index contributed by atoms with van der Waals surface area (Å²) in [5.74, 6) is 4.02. The fourth-order valence-corrected chi connectivity index (χ4v) is 9.82. The van der Waals surface area contributed by atoms with Gasteiger partial charge in [-0.15, -0.1) is 0 Å². The van der Waals surface area contributed by atoms with Crippen molar-refractivity contribution >= 4 is 78.1 Å². The van der Waals surface area contributed by atoms with Gasteiger partial charge in [-0.2, -0.15) is 16.8 Å². The highest BCUT2D eigenvalue weighted by molar-refractivity contribution is 14.1. The Morgan fingerprint density at radius 3 is 1.44 bits per heavy atom. The molecule has 66 heavy (non-hydrogen) atoms. The maximum absolute atomic E-state index is 13.4. The predicted octanol–water partition coefficient (Wildman–Crippen LogP) is 8.16. The minimum atomic E-state index is -4.09. The van der Waals surface area contributed by atoms with Crippen LogP contribution in [-0.4, -0.2) is 74.5 Å². The average Bonchev–Trinajstić information content (AvgIpc) is 3.25. The number of halogens is 1. The van der Waals surface area contributed by atoms with Gasteiger partial charge in [-0.05, 0) is 141 Å². The van der Waals surface area contributed by atoms with Gasteiger partial charge in [-0.1, -0.05) is 66.4 Å². The highest BCUT2D eigenvalue weighted by atomic mass is 127. The first kappa shape index (κ1) is 49.2. The lowest BCUT2D eigenvalue weighted by atomic mass is 10.1. The number of carbonyl (C=O) groups excluding carboxylic acids is 4. The normalized spacial score (nSPS) is 15.0. The van der Waals surface area contributed by atoms with Crippen LogP contribution in [0.3, 0.4) is 0 Å². The molecule has 2 amide bonds. The Labute approximate surface area is 400 Å². The van der Waals surface area contributed by atoms with Gasteiger partial charge in [0.1, 0.15) is 11.2 Å². The van der Waals surface area contributed by atoms with Gasteiger partial charge < -0.3 is 9.47 Å². The highest BCUT2D eigenvalue weighted by Gasteiger charge is 2.41. The number of amides is 2. The largest absolute Gasteiger partial charge is 0.456 e. The number of anilines is 2. The maximum Gasteiger partial charge on any atom is 0.338 e. The predicted molar refractivity (Wildman–Crippen MR) is 260 cm³/mol. The summed E-state index contributed by atoms with van der Waals surface area (Å²) in [6.07, 6.45) is 0.561. The van der Waals surface area contributed by atoms with Gasteiger partial charge >= 0.3 is 32.4 Å². The van der Waals surface area contributed by atoms with Crippen molar-refractivity contribution in [2.75, 3.05) is 22.7 Å². The van der Waals surface area contributed by atoms with Gasteiger partial charge in [0.15, 0.2) is 0 Å². The van der Waals surface area contributed by atoms with E-state index in [9.17, 15) is 36.0 Å². The molecule has 0 bridgehead atoms. The molecule has 0 aliphatic carbocycles. The summed E-state index contributed by atoms with van der Waals surface area (Å²) < 4.78 is 67.5.